The van der Waals surface area contributed by atoms with Crippen LogP contribution in [0.1, 0.15) is 18.2 Å². The van der Waals surface area contributed by atoms with E-state index in [1.165, 1.54) is 35.2 Å². The number of nitrogens with two attached hydrogens (primary N) is 1. The number of anilines is 1. The number of nitrogens with one attached hydrogen (secondary N) is 1. The van der Waals surface area contributed by atoms with E-state index in [9.17, 15) is 38.4 Å². The van der Waals surface area contributed by atoms with Crippen molar-refractivity contribution in [2.75, 3.05) is 12.3 Å². The summed E-state index contributed by atoms with van der Waals surface area (Å²) in [6.07, 6.45) is -2.13. The first-order valence-electron chi connectivity index (χ1n) is 11.0. The molecule has 5 atom stereocenters. The molecule has 224 valence electrons. The van der Waals surface area contributed by atoms with Crippen molar-refractivity contribution in [2.45, 2.75) is 31.5 Å². The number of fused-ring (bicyclic) bond motifs is 1. The molecule has 0 bridgehead atoms. The van der Waals surface area contributed by atoms with E-state index in [0.29, 0.717) is 0 Å². The highest BCUT2D eigenvalue weighted by molar-refractivity contribution is 7.66. The molecule has 21 nitrogen and oxygen atoms in total. The van der Waals surface area contributed by atoms with E-state index in [1.807, 2.05) is 0 Å². The molecule has 1 aromatic carbocycles. The van der Waals surface area contributed by atoms with E-state index in [1.54, 1.807) is 0 Å². The summed E-state index contributed by atoms with van der Waals surface area (Å²) in [6.45, 7) is -1.19. The zero-order valence-electron chi connectivity index (χ0n) is 20.2. The Bertz CT molecular complexity index is 1660. The maximum atomic E-state index is 12.2. The van der Waals surface area contributed by atoms with Crippen LogP contribution in [0.2, 0.25) is 0 Å². The third kappa shape index (κ3) is 7.89. The number of hydrogen-bond donors (Lipinski definition) is 6. The molecule has 1 aliphatic rings. The largest absolute Gasteiger partial charge is 0.490 e. The number of nitro benzene ring substituents is 1. The Labute approximate surface area is 227 Å². The fourth-order valence-corrected chi connectivity index (χ4v) is 6.86. The van der Waals surface area contributed by atoms with Crippen molar-refractivity contribution < 1.29 is 60.8 Å². The second-order valence-electron chi connectivity index (χ2n) is 8.26. The highest BCUT2D eigenvalue weighted by Gasteiger charge is 2.43. The van der Waals surface area contributed by atoms with Crippen molar-refractivity contribution in [3.05, 3.63) is 56.6 Å². The summed E-state index contributed by atoms with van der Waals surface area (Å²) in [5.41, 5.74) is 4.85. The van der Waals surface area contributed by atoms with E-state index in [2.05, 4.69) is 23.6 Å². The van der Waals surface area contributed by atoms with Crippen LogP contribution in [0.15, 0.2) is 35.4 Å². The van der Waals surface area contributed by atoms with Crippen LogP contribution < -0.4 is 11.3 Å². The molecule has 1 fully saturated rings. The molecule has 0 amide bonds. The molecule has 0 spiro atoms. The van der Waals surface area contributed by atoms with Gasteiger partial charge >= 0.3 is 23.5 Å². The molecule has 5 unspecified atom stereocenters. The maximum absolute atomic E-state index is 12.2. The Morgan fingerprint density at radius 2 is 1.88 bits per heavy atom. The number of hydrogen-bond acceptors (Lipinski definition) is 14. The van der Waals surface area contributed by atoms with Gasteiger partial charge in [-0.3, -0.25) is 29.0 Å². The summed E-state index contributed by atoms with van der Waals surface area (Å²) in [5.74, 6) is -0.226. The summed E-state index contributed by atoms with van der Waals surface area (Å²) < 4.78 is 59.8. The number of ether oxygens (including phenoxy) is 2. The minimum atomic E-state index is -5.77. The van der Waals surface area contributed by atoms with Gasteiger partial charge in [0.1, 0.15) is 12.3 Å². The lowest BCUT2D eigenvalue weighted by atomic mass is 10.1. The van der Waals surface area contributed by atoms with Crippen LogP contribution in [-0.2, 0) is 42.9 Å². The molecule has 7 N–H and O–H groups in total. The van der Waals surface area contributed by atoms with Gasteiger partial charge in [0.2, 0.25) is 5.95 Å². The van der Waals surface area contributed by atoms with Crippen molar-refractivity contribution in [3.63, 3.8) is 0 Å². The Hall–Kier alpha value is -2.90. The molecule has 0 radical (unpaired) electrons. The normalized spacial score (nSPS) is 22.4. The topological polar surface area (TPSA) is 311 Å². The maximum Gasteiger partial charge on any atom is 0.490 e. The van der Waals surface area contributed by atoms with Gasteiger partial charge in [0.15, 0.2) is 11.2 Å². The van der Waals surface area contributed by atoms with E-state index >= 15 is 0 Å². The van der Waals surface area contributed by atoms with Crippen LogP contribution in [0.25, 0.3) is 11.2 Å². The molecule has 4 rings (SSSR count). The molecule has 1 saturated heterocycles. The van der Waals surface area contributed by atoms with E-state index < -0.39 is 59.0 Å². The van der Waals surface area contributed by atoms with Crippen molar-refractivity contribution in [3.8, 4) is 0 Å². The van der Waals surface area contributed by atoms with E-state index in [0.717, 1.165) is 0 Å². The number of imidazole rings is 1. The lowest BCUT2D eigenvalue weighted by molar-refractivity contribution is -0.386. The highest BCUT2D eigenvalue weighted by atomic mass is 31.3. The molecule has 0 aliphatic carbocycles. The first kappa shape index (κ1) is 31.0. The van der Waals surface area contributed by atoms with Gasteiger partial charge in [-0.25, -0.2) is 18.7 Å². The highest BCUT2D eigenvalue weighted by Crippen LogP contribution is 2.66. The Kier molecular flexibility index (Phi) is 8.91. The molecular formula is C17H21N6O15P3. The van der Waals surface area contributed by atoms with Crippen molar-refractivity contribution in [1.82, 2.24) is 19.5 Å². The standard InChI is InChI=1S/C17H21N6O15P3/c18-17-20-15-14(16(24)21-17)19-8-22(15)13-5-11(34-6-9-3-1-2-4-10(9)23(25)26)12(36-13)7-35-40(30,31)38-41(32,33)37-39(27,28)29/h1-4,8,11-13H,5-7H2,(H,30,31)(H,32,33)(H2,27,28,29)(H3,18,20,21,24). The number of nitrogens with zero attached hydrogens (tertiary/aromatic N) is 4. The molecule has 3 heterocycles. The SMILES string of the molecule is Nc1nc2c(ncn2C2CC(OCc3ccccc3[N+](=O)[O-])C(COP(=O)(O)OP(=O)(O)OP(=O)(O)O)O2)c(=O)[nH]1. The van der Waals surface area contributed by atoms with E-state index in [-0.39, 0.29) is 41.4 Å². The number of benzene rings is 1. The number of phosphoric acid groups is 3. The van der Waals surface area contributed by atoms with Gasteiger partial charge in [0.05, 0.1) is 36.1 Å². The first-order valence-corrected chi connectivity index (χ1v) is 15.6. The smallest absolute Gasteiger partial charge is 0.370 e. The summed E-state index contributed by atoms with van der Waals surface area (Å²) in [7, 11) is -16.9. The Morgan fingerprint density at radius 3 is 2.56 bits per heavy atom. The lowest BCUT2D eigenvalue weighted by Crippen LogP contribution is -2.29. The number of phosphoric ester groups is 1. The van der Waals surface area contributed by atoms with Crippen LogP contribution in [-0.4, -0.2) is 62.8 Å². The third-order valence-electron chi connectivity index (χ3n) is 5.40. The van der Waals surface area contributed by atoms with Gasteiger partial charge in [0, 0.05) is 12.5 Å². The Morgan fingerprint density at radius 1 is 1.17 bits per heavy atom. The molecule has 0 saturated carbocycles. The van der Waals surface area contributed by atoms with Crippen molar-refractivity contribution in [1.29, 1.82) is 0 Å². The number of aromatic nitrogens is 4. The van der Waals surface area contributed by atoms with Crippen LogP contribution in [0.4, 0.5) is 11.6 Å². The molecule has 41 heavy (non-hydrogen) atoms. The summed E-state index contributed by atoms with van der Waals surface area (Å²) in [6, 6.07) is 5.68. The monoisotopic (exact) mass is 642 g/mol. The molecule has 3 aromatic rings. The summed E-state index contributed by atoms with van der Waals surface area (Å²) >= 11 is 0. The predicted molar refractivity (Wildman–Crippen MR) is 133 cm³/mol. The lowest BCUT2D eigenvalue weighted by Gasteiger charge is -2.21. The van der Waals surface area contributed by atoms with Gasteiger partial charge in [-0.1, -0.05) is 12.1 Å². The fraction of sp³-hybridized carbons (Fsp3) is 0.353. The van der Waals surface area contributed by atoms with Gasteiger partial charge in [-0.15, -0.1) is 0 Å². The molecule has 1 aliphatic heterocycles. The number of nitrogen functional groups attached to an aromatic ring is 1. The number of H-pyrrole nitrogens is 1. The number of nitro groups is 1. The first-order chi connectivity index (χ1) is 19.0. The third-order valence-corrected chi connectivity index (χ3v) is 9.20. The Balaban J connectivity index is 1.55. The second kappa shape index (κ2) is 11.8. The van der Waals surface area contributed by atoms with Crippen LogP contribution >= 0.6 is 23.5 Å². The van der Waals surface area contributed by atoms with Crippen LogP contribution in [0.5, 0.6) is 0 Å². The molecular weight excluding hydrogens is 621 g/mol. The van der Waals surface area contributed by atoms with Gasteiger partial charge < -0.3 is 34.8 Å². The average molecular weight is 642 g/mol. The van der Waals surface area contributed by atoms with Gasteiger partial charge in [-0.2, -0.15) is 13.6 Å². The zero-order chi connectivity index (χ0) is 30.2. The zero-order valence-corrected chi connectivity index (χ0v) is 22.9. The number of para-hydroxylation sites is 1. The minimum absolute atomic E-state index is 0.0160. The molecule has 24 heteroatoms. The second-order valence-corrected chi connectivity index (χ2v) is 12.7. The van der Waals surface area contributed by atoms with Crippen LogP contribution in [0.3, 0.4) is 0 Å². The fourth-order valence-electron chi connectivity index (χ4n) is 3.83. The summed E-state index contributed by atoms with van der Waals surface area (Å²) in [5, 5.41) is 11.4. The van der Waals surface area contributed by atoms with Gasteiger partial charge in [0.25, 0.3) is 11.2 Å². The van der Waals surface area contributed by atoms with Gasteiger partial charge in [-0.05, 0) is 6.07 Å². The van der Waals surface area contributed by atoms with E-state index in [4.69, 9.17) is 29.5 Å². The molecule has 2 aromatic heterocycles. The summed E-state index contributed by atoms with van der Waals surface area (Å²) in [4.78, 5) is 69.7. The number of rotatable bonds is 12. The predicted octanol–water partition coefficient (Wildman–Crippen LogP) is 0.826. The van der Waals surface area contributed by atoms with Crippen molar-refractivity contribution >= 4 is 46.3 Å². The van der Waals surface area contributed by atoms with Crippen LogP contribution in [0, 0.1) is 10.1 Å². The average Bonchev–Trinajstić information content (AvgIpc) is 3.43. The quantitative estimate of drug-likeness (QED) is 0.0904. The minimum Gasteiger partial charge on any atom is -0.370 e. The number of aromatic amines is 1. The van der Waals surface area contributed by atoms with Crippen molar-refractivity contribution in [2.24, 2.45) is 0 Å².